The molecular formula is C20H19ClN4O2. The molecule has 6 nitrogen and oxygen atoms in total. The second-order valence-electron chi connectivity index (χ2n) is 5.55. The number of hydrogen-bond donors (Lipinski definition) is 2. The monoisotopic (exact) mass is 382 g/mol. The van der Waals surface area contributed by atoms with E-state index in [4.69, 9.17) is 22.1 Å². The van der Waals surface area contributed by atoms with Gasteiger partial charge in [-0.2, -0.15) is 5.26 Å². The number of halogens is 1. The fourth-order valence-corrected chi connectivity index (χ4v) is 2.33. The van der Waals surface area contributed by atoms with Crippen molar-refractivity contribution in [2.45, 2.75) is 13.8 Å². The first-order valence-electron chi connectivity index (χ1n) is 8.20. The first kappa shape index (κ1) is 20.0. The van der Waals surface area contributed by atoms with Gasteiger partial charge < -0.3 is 15.8 Å². The fraction of sp³-hybridized carbons (Fsp3) is 0.150. The Labute approximate surface area is 162 Å². The number of benzene rings is 2. The smallest absolute Gasteiger partial charge is 0.352 e. The van der Waals surface area contributed by atoms with Crippen LogP contribution in [0.1, 0.15) is 18.1 Å². The minimum Gasteiger partial charge on any atom is -0.462 e. The molecule has 0 bridgehead atoms. The van der Waals surface area contributed by atoms with Crippen molar-refractivity contribution in [3.8, 4) is 6.07 Å². The molecule has 0 saturated carbocycles. The molecule has 7 heteroatoms. The number of aliphatic imine (C=N–C) groups is 1. The molecule has 0 aliphatic rings. The maximum absolute atomic E-state index is 12.2. The molecule has 0 aliphatic heterocycles. The molecule has 0 atom stereocenters. The van der Waals surface area contributed by atoms with Crippen LogP contribution in [0.2, 0.25) is 5.02 Å². The summed E-state index contributed by atoms with van der Waals surface area (Å²) in [6, 6.07) is 16.0. The molecule has 0 amide bonds. The van der Waals surface area contributed by atoms with E-state index in [0.29, 0.717) is 16.3 Å². The zero-order chi connectivity index (χ0) is 19.8. The third-order valence-corrected chi connectivity index (χ3v) is 3.73. The van der Waals surface area contributed by atoms with Crippen LogP contribution in [-0.2, 0) is 9.53 Å². The Balaban J connectivity index is 2.51. The number of esters is 1. The Hall–Kier alpha value is -3.30. The van der Waals surface area contributed by atoms with Gasteiger partial charge in [-0.25, -0.2) is 9.79 Å². The van der Waals surface area contributed by atoms with Crippen LogP contribution < -0.4 is 11.1 Å². The van der Waals surface area contributed by atoms with Crippen LogP contribution in [0.15, 0.2) is 64.9 Å². The van der Waals surface area contributed by atoms with Gasteiger partial charge in [-0.05, 0) is 44.2 Å². The van der Waals surface area contributed by atoms with Gasteiger partial charge in [-0.3, -0.25) is 0 Å². The summed E-state index contributed by atoms with van der Waals surface area (Å²) in [4.78, 5) is 16.4. The molecule has 2 aromatic carbocycles. The van der Waals surface area contributed by atoms with Gasteiger partial charge in [-0.1, -0.05) is 35.4 Å². The molecule has 0 unspecified atom stereocenters. The van der Waals surface area contributed by atoms with Crippen molar-refractivity contribution in [3.05, 3.63) is 76.1 Å². The number of amidine groups is 1. The van der Waals surface area contributed by atoms with Crippen LogP contribution in [0.4, 0.5) is 5.69 Å². The minimum atomic E-state index is -0.780. The molecular weight excluding hydrogens is 364 g/mol. The second-order valence-corrected chi connectivity index (χ2v) is 5.99. The van der Waals surface area contributed by atoms with Crippen LogP contribution in [0.5, 0.6) is 0 Å². The van der Waals surface area contributed by atoms with Crippen molar-refractivity contribution in [3.63, 3.8) is 0 Å². The number of nitrogens with two attached hydrogens (primary N) is 1. The summed E-state index contributed by atoms with van der Waals surface area (Å²) in [5.74, 6) is -0.623. The number of nitriles is 1. The Morgan fingerprint density at radius 1 is 1.30 bits per heavy atom. The van der Waals surface area contributed by atoms with Gasteiger partial charge in [0.1, 0.15) is 11.9 Å². The normalized spacial score (nSPS) is 12.0. The molecule has 138 valence electrons. The highest BCUT2D eigenvalue weighted by Gasteiger charge is 2.18. The first-order valence-corrected chi connectivity index (χ1v) is 8.57. The number of hydrogen-bond acceptors (Lipinski definition) is 5. The van der Waals surface area contributed by atoms with Crippen LogP contribution in [0.25, 0.3) is 0 Å². The topological polar surface area (TPSA) is 100 Å². The quantitative estimate of drug-likeness (QED) is 0.260. The minimum absolute atomic E-state index is 0.00252. The molecule has 2 rings (SSSR count). The molecule has 0 radical (unpaired) electrons. The number of nitrogens with zero attached hydrogens (tertiary/aromatic N) is 2. The van der Waals surface area contributed by atoms with Gasteiger partial charge in [0.05, 0.1) is 6.61 Å². The SMILES string of the molecule is CCOC(=O)/C(C#N)=C(\N=C(N)c1cccc(C)c1)Nc1ccc(Cl)cc1. The number of carbonyl (C=O) groups excluding carboxylic acids is 1. The largest absolute Gasteiger partial charge is 0.462 e. The van der Waals surface area contributed by atoms with E-state index in [2.05, 4.69) is 10.3 Å². The lowest BCUT2D eigenvalue weighted by Crippen LogP contribution is -2.18. The van der Waals surface area contributed by atoms with Gasteiger partial charge in [0, 0.05) is 16.3 Å². The number of rotatable bonds is 6. The van der Waals surface area contributed by atoms with E-state index in [9.17, 15) is 10.1 Å². The molecule has 2 aromatic rings. The molecule has 0 aromatic heterocycles. The first-order chi connectivity index (χ1) is 12.9. The number of aryl methyl sites for hydroxylation is 1. The van der Waals surface area contributed by atoms with Gasteiger partial charge in [-0.15, -0.1) is 0 Å². The molecule has 0 aliphatic carbocycles. The summed E-state index contributed by atoms with van der Waals surface area (Å²) < 4.78 is 4.95. The Bertz CT molecular complexity index is 928. The summed E-state index contributed by atoms with van der Waals surface area (Å²) in [6.07, 6.45) is 0. The lowest BCUT2D eigenvalue weighted by molar-refractivity contribution is -0.138. The van der Waals surface area contributed by atoms with E-state index in [1.165, 1.54) is 0 Å². The van der Waals surface area contributed by atoms with E-state index >= 15 is 0 Å². The number of nitrogens with one attached hydrogen (secondary N) is 1. The molecule has 0 spiro atoms. The lowest BCUT2D eigenvalue weighted by atomic mass is 10.1. The van der Waals surface area contributed by atoms with Gasteiger partial charge in [0.25, 0.3) is 0 Å². The van der Waals surface area contributed by atoms with E-state index < -0.39 is 5.97 Å². The van der Waals surface area contributed by atoms with Crippen LogP contribution >= 0.6 is 11.6 Å². The summed E-state index contributed by atoms with van der Waals surface area (Å²) in [5.41, 5.74) is 8.10. The van der Waals surface area contributed by atoms with Crippen LogP contribution in [0.3, 0.4) is 0 Å². The summed E-state index contributed by atoms with van der Waals surface area (Å²) in [5, 5.41) is 13.0. The fourth-order valence-electron chi connectivity index (χ4n) is 2.20. The van der Waals surface area contributed by atoms with Crippen molar-refractivity contribution >= 4 is 29.1 Å². The number of ether oxygens (including phenoxy) is 1. The van der Waals surface area contributed by atoms with Crippen molar-refractivity contribution in [2.75, 3.05) is 11.9 Å². The van der Waals surface area contributed by atoms with Gasteiger partial charge in [0.15, 0.2) is 11.4 Å². The zero-order valence-electron chi connectivity index (χ0n) is 15.0. The predicted octanol–water partition coefficient (Wildman–Crippen LogP) is 3.76. The molecule has 3 N–H and O–H groups in total. The highest BCUT2D eigenvalue weighted by molar-refractivity contribution is 6.30. The summed E-state index contributed by atoms with van der Waals surface area (Å²) in [7, 11) is 0. The van der Waals surface area contributed by atoms with Gasteiger partial charge in [0.2, 0.25) is 0 Å². The van der Waals surface area contributed by atoms with E-state index in [0.717, 1.165) is 5.56 Å². The Kier molecular flexibility index (Phi) is 6.98. The lowest BCUT2D eigenvalue weighted by Gasteiger charge is -2.11. The average molecular weight is 383 g/mol. The number of carbonyl (C=O) groups is 1. The maximum atomic E-state index is 12.2. The van der Waals surface area contributed by atoms with E-state index in [1.807, 2.05) is 31.2 Å². The van der Waals surface area contributed by atoms with Crippen molar-refractivity contribution in [1.82, 2.24) is 0 Å². The second kappa shape index (κ2) is 9.41. The van der Waals surface area contributed by atoms with Crippen LogP contribution in [0, 0.1) is 18.3 Å². The Morgan fingerprint density at radius 3 is 2.59 bits per heavy atom. The summed E-state index contributed by atoms with van der Waals surface area (Å²) in [6.45, 7) is 3.72. The van der Waals surface area contributed by atoms with Crippen molar-refractivity contribution in [1.29, 1.82) is 5.26 Å². The molecule has 0 fully saturated rings. The number of anilines is 1. The molecule has 0 heterocycles. The highest BCUT2D eigenvalue weighted by Crippen LogP contribution is 2.18. The summed E-state index contributed by atoms with van der Waals surface area (Å²) >= 11 is 5.90. The molecule has 27 heavy (non-hydrogen) atoms. The predicted molar refractivity (Wildman–Crippen MR) is 106 cm³/mol. The molecule has 0 saturated heterocycles. The highest BCUT2D eigenvalue weighted by atomic mass is 35.5. The maximum Gasteiger partial charge on any atom is 0.352 e. The average Bonchev–Trinajstić information content (AvgIpc) is 2.64. The standard InChI is InChI=1S/C20H19ClN4O2/c1-3-27-20(26)17(12-22)19(24-16-9-7-15(21)8-10-16)25-18(23)14-6-4-5-13(2)11-14/h4-11,24H,3H2,1-2H3,(H2,23,25)/b19-17-. The van der Waals surface area contributed by atoms with E-state index in [-0.39, 0.29) is 23.8 Å². The third-order valence-electron chi connectivity index (χ3n) is 3.48. The van der Waals surface area contributed by atoms with E-state index in [1.54, 1.807) is 37.3 Å². The zero-order valence-corrected chi connectivity index (χ0v) is 15.7. The van der Waals surface area contributed by atoms with Gasteiger partial charge >= 0.3 is 5.97 Å². The van der Waals surface area contributed by atoms with Crippen molar-refractivity contribution in [2.24, 2.45) is 10.7 Å². The Morgan fingerprint density at radius 2 is 2.00 bits per heavy atom. The van der Waals surface area contributed by atoms with Crippen LogP contribution in [-0.4, -0.2) is 18.4 Å². The third kappa shape index (κ3) is 5.59. The van der Waals surface area contributed by atoms with Crippen molar-refractivity contribution < 1.29 is 9.53 Å².